The van der Waals surface area contributed by atoms with Crippen LogP contribution in [0, 0.1) is 0 Å². The van der Waals surface area contributed by atoms with Gasteiger partial charge in [0.25, 0.3) is 0 Å². The molecule has 0 atom stereocenters. The standard InChI is InChI=1S/C35H33N/c1-5-14-27(4)34(6-2)35(7-3)36(32-23-19-30(20-24-32)28-15-10-8-11-16-28)33-25-21-31(22-26-33)29-17-12-9-13-18-29/h5-6,8-26H,1-2,7H2,3-4H3/b27-14+,35-34+. The van der Waals surface area contributed by atoms with Crippen molar-refractivity contribution in [3.8, 4) is 22.3 Å². The Balaban J connectivity index is 1.84. The van der Waals surface area contributed by atoms with Crippen LogP contribution in [-0.2, 0) is 0 Å². The van der Waals surface area contributed by atoms with E-state index < -0.39 is 0 Å². The molecule has 178 valence electrons. The van der Waals surface area contributed by atoms with E-state index in [0.29, 0.717) is 0 Å². The number of hydrogen-bond acceptors (Lipinski definition) is 1. The molecule has 0 saturated carbocycles. The van der Waals surface area contributed by atoms with Crippen LogP contribution in [0.15, 0.2) is 157 Å². The van der Waals surface area contributed by atoms with Crippen LogP contribution in [0.1, 0.15) is 20.3 Å². The van der Waals surface area contributed by atoms with Gasteiger partial charge in [-0.3, -0.25) is 0 Å². The first-order valence-corrected chi connectivity index (χ1v) is 12.4. The first-order chi connectivity index (χ1) is 17.7. The van der Waals surface area contributed by atoms with E-state index in [9.17, 15) is 0 Å². The molecule has 0 fully saturated rings. The minimum absolute atomic E-state index is 0.852. The van der Waals surface area contributed by atoms with Gasteiger partial charge in [0.05, 0.1) is 0 Å². The van der Waals surface area contributed by atoms with Crippen LogP contribution in [0.4, 0.5) is 11.4 Å². The van der Waals surface area contributed by atoms with Crippen molar-refractivity contribution in [1.82, 2.24) is 0 Å². The summed E-state index contributed by atoms with van der Waals surface area (Å²) in [5.41, 5.74) is 10.5. The molecule has 4 aromatic rings. The second-order valence-electron chi connectivity index (χ2n) is 8.66. The molecule has 0 heterocycles. The third-order valence-electron chi connectivity index (χ3n) is 6.38. The molecular weight excluding hydrogens is 434 g/mol. The summed E-state index contributed by atoms with van der Waals surface area (Å²) in [6.07, 6.45) is 6.68. The van der Waals surface area contributed by atoms with Crippen LogP contribution in [0.5, 0.6) is 0 Å². The second kappa shape index (κ2) is 11.9. The molecule has 1 nitrogen and oxygen atoms in total. The molecule has 4 aromatic carbocycles. The smallest absolute Gasteiger partial charge is 0.0459 e. The van der Waals surface area contributed by atoms with E-state index in [-0.39, 0.29) is 0 Å². The molecule has 0 N–H and O–H groups in total. The van der Waals surface area contributed by atoms with Gasteiger partial charge in [-0.05, 0) is 71.0 Å². The van der Waals surface area contributed by atoms with Crippen molar-refractivity contribution in [3.63, 3.8) is 0 Å². The molecule has 0 aliphatic rings. The lowest BCUT2D eigenvalue weighted by Crippen LogP contribution is -2.18. The van der Waals surface area contributed by atoms with Gasteiger partial charge in [0, 0.05) is 17.1 Å². The average molecular weight is 468 g/mol. The van der Waals surface area contributed by atoms with Gasteiger partial charge in [-0.1, -0.05) is 123 Å². The largest absolute Gasteiger partial charge is 0.314 e. The van der Waals surface area contributed by atoms with Crippen molar-refractivity contribution >= 4 is 11.4 Å². The molecule has 1 heteroatoms. The Labute approximate surface area is 216 Å². The third kappa shape index (κ3) is 5.47. The molecule has 0 spiro atoms. The van der Waals surface area contributed by atoms with Crippen molar-refractivity contribution in [2.75, 3.05) is 4.90 Å². The topological polar surface area (TPSA) is 3.24 Å². The number of benzene rings is 4. The first kappa shape index (κ1) is 24.8. The lowest BCUT2D eigenvalue weighted by molar-refractivity contribution is 0.993. The highest BCUT2D eigenvalue weighted by atomic mass is 15.1. The maximum Gasteiger partial charge on any atom is 0.0459 e. The number of rotatable bonds is 9. The predicted octanol–water partition coefficient (Wildman–Crippen LogP) is 10.1. The summed E-state index contributed by atoms with van der Waals surface area (Å²) < 4.78 is 0. The Kier molecular flexibility index (Phi) is 8.16. The van der Waals surface area contributed by atoms with E-state index in [4.69, 9.17) is 0 Å². The molecule has 0 unspecified atom stereocenters. The Hall–Kier alpha value is -4.36. The predicted molar refractivity (Wildman–Crippen MR) is 157 cm³/mol. The van der Waals surface area contributed by atoms with Gasteiger partial charge in [-0.15, -0.1) is 0 Å². The molecule has 0 amide bonds. The normalized spacial score (nSPS) is 12.0. The average Bonchev–Trinajstić information content (AvgIpc) is 2.94. The van der Waals surface area contributed by atoms with Crippen LogP contribution in [0.25, 0.3) is 22.3 Å². The van der Waals surface area contributed by atoms with Gasteiger partial charge in [-0.2, -0.15) is 0 Å². The summed E-state index contributed by atoms with van der Waals surface area (Å²) >= 11 is 0. The molecule has 0 bridgehead atoms. The molecule has 4 rings (SSSR count). The van der Waals surface area contributed by atoms with Gasteiger partial charge < -0.3 is 4.90 Å². The van der Waals surface area contributed by atoms with Crippen LogP contribution in [0.2, 0.25) is 0 Å². The number of allylic oxidation sites excluding steroid dienone is 6. The summed E-state index contributed by atoms with van der Waals surface area (Å²) in [6, 6.07) is 38.6. The van der Waals surface area contributed by atoms with E-state index >= 15 is 0 Å². The van der Waals surface area contributed by atoms with E-state index in [2.05, 4.69) is 129 Å². The Morgan fingerprint density at radius 2 is 1.06 bits per heavy atom. The Bertz CT molecular complexity index is 1270. The zero-order valence-corrected chi connectivity index (χ0v) is 21.2. The van der Waals surface area contributed by atoms with Gasteiger partial charge in [0.1, 0.15) is 0 Å². The van der Waals surface area contributed by atoms with Crippen molar-refractivity contribution in [2.45, 2.75) is 20.3 Å². The number of anilines is 2. The van der Waals surface area contributed by atoms with Gasteiger partial charge >= 0.3 is 0 Å². The molecule has 0 aliphatic heterocycles. The van der Waals surface area contributed by atoms with Crippen LogP contribution < -0.4 is 4.90 Å². The van der Waals surface area contributed by atoms with Crippen molar-refractivity contribution in [2.24, 2.45) is 0 Å². The fourth-order valence-corrected chi connectivity index (χ4v) is 4.57. The highest BCUT2D eigenvalue weighted by Gasteiger charge is 2.18. The molecule has 0 aliphatic carbocycles. The summed E-state index contributed by atoms with van der Waals surface area (Å²) in [5.74, 6) is 0. The Morgan fingerprint density at radius 3 is 1.42 bits per heavy atom. The number of hydrogen-bond donors (Lipinski definition) is 0. The quantitative estimate of drug-likeness (QED) is 0.221. The third-order valence-corrected chi connectivity index (χ3v) is 6.38. The van der Waals surface area contributed by atoms with Gasteiger partial charge in [-0.25, -0.2) is 0 Å². The van der Waals surface area contributed by atoms with E-state index in [1.165, 1.54) is 28.0 Å². The van der Waals surface area contributed by atoms with Crippen molar-refractivity contribution in [1.29, 1.82) is 0 Å². The molecule has 0 aromatic heterocycles. The highest BCUT2D eigenvalue weighted by Crippen LogP contribution is 2.36. The minimum Gasteiger partial charge on any atom is -0.314 e. The second-order valence-corrected chi connectivity index (χ2v) is 8.66. The molecule has 0 saturated heterocycles. The maximum absolute atomic E-state index is 4.15. The molecule has 36 heavy (non-hydrogen) atoms. The van der Waals surface area contributed by atoms with Crippen LogP contribution >= 0.6 is 0 Å². The molecule has 0 radical (unpaired) electrons. The van der Waals surface area contributed by atoms with Crippen molar-refractivity contribution in [3.05, 3.63) is 157 Å². The van der Waals surface area contributed by atoms with Gasteiger partial charge in [0.2, 0.25) is 0 Å². The fraction of sp³-hybridized carbons (Fsp3) is 0.0857. The van der Waals surface area contributed by atoms with Crippen molar-refractivity contribution < 1.29 is 0 Å². The first-order valence-electron chi connectivity index (χ1n) is 12.4. The summed E-state index contributed by atoms with van der Waals surface area (Å²) in [4.78, 5) is 2.35. The summed E-state index contributed by atoms with van der Waals surface area (Å²) in [6.45, 7) is 12.4. The van der Waals surface area contributed by atoms with Crippen LogP contribution in [0.3, 0.4) is 0 Å². The molecular formula is C35H33N. The minimum atomic E-state index is 0.852. The highest BCUT2D eigenvalue weighted by molar-refractivity contribution is 5.76. The Morgan fingerprint density at radius 1 is 0.639 bits per heavy atom. The number of nitrogens with zero attached hydrogens (tertiary/aromatic N) is 1. The fourth-order valence-electron chi connectivity index (χ4n) is 4.57. The lowest BCUT2D eigenvalue weighted by atomic mass is 9.99. The van der Waals surface area contributed by atoms with Crippen LogP contribution in [-0.4, -0.2) is 0 Å². The summed E-state index contributed by atoms with van der Waals surface area (Å²) in [5, 5.41) is 0. The van der Waals surface area contributed by atoms with Gasteiger partial charge in [0.15, 0.2) is 0 Å². The zero-order valence-electron chi connectivity index (χ0n) is 21.2. The van der Waals surface area contributed by atoms with E-state index in [1.54, 1.807) is 0 Å². The summed E-state index contributed by atoms with van der Waals surface area (Å²) in [7, 11) is 0. The SMILES string of the molecule is C=C/C=C(C)/C(C=C)=C(\CC)N(c1ccc(-c2ccccc2)cc1)c1ccc(-c2ccccc2)cc1. The zero-order chi connectivity index (χ0) is 25.3. The van der Waals surface area contributed by atoms with E-state index in [1.807, 2.05) is 30.4 Å². The monoisotopic (exact) mass is 467 g/mol. The lowest BCUT2D eigenvalue weighted by Gasteiger charge is -2.30. The van der Waals surface area contributed by atoms with E-state index in [0.717, 1.165) is 28.9 Å². The maximum atomic E-state index is 4.15.